The van der Waals surface area contributed by atoms with Crippen molar-refractivity contribution < 1.29 is 75.7 Å². The van der Waals surface area contributed by atoms with Crippen molar-refractivity contribution in [2.45, 2.75) is 87.4 Å². The predicted molar refractivity (Wildman–Crippen MR) is 258 cm³/mol. The number of nitrogens with zero attached hydrogens (tertiary/aromatic N) is 3. The average Bonchev–Trinajstić information content (AvgIpc) is 4.07. The molecule has 7 rings (SSSR count). The number of nitrogens with two attached hydrogens (primary N) is 1. The minimum Gasteiger partial charge on any atom is -0.382 e. The number of likely N-dealkylation sites (N-methyl/N-ethyl adjacent to an activating group) is 1. The summed E-state index contributed by atoms with van der Waals surface area (Å²) >= 11 is 0. The largest absolute Gasteiger partial charge is 0.399 e. The second-order valence-electron chi connectivity index (χ2n) is 18.5. The van der Waals surface area contributed by atoms with Gasteiger partial charge >= 0.3 is 13.3 Å². The number of hydrogen-bond donors (Lipinski definition) is 9. The normalized spacial score (nSPS) is 20.9. The Hall–Kier alpha value is -6.41. The molecule has 0 spiro atoms. The fourth-order valence-electron chi connectivity index (χ4n) is 9.49. The third-order valence-corrected chi connectivity index (χ3v) is 14.3. The van der Waals surface area contributed by atoms with Gasteiger partial charge in [-0.3, -0.25) is 48.2 Å². The van der Waals surface area contributed by atoms with Gasteiger partial charge in [0.05, 0.1) is 39.6 Å². The molecule has 0 saturated carbocycles. The number of primary amides is 1. The lowest BCUT2D eigenvalue weighted by atomic mass is 10.0. The molecule has 3 fully saturated rings. The van der Waals surface area contributed by atoms with E-state index in [1.807, 2.05) is 11.0 Å². The molecule has 4 aliphatic rings. The highest BCUT2D eigenvalue weighted by Crippen LogP contribution is 2.59. The fraction of sp³-hybridized carbons (Fsp3) is 0.532. The van der Waals surface area contributed by atoms with Crippen LogP contribution in [0.4, 0.5) is 14.5 Å². The van der Waals surface area contributed by atoms with Crippen LogP contribution >= 0.6 is 7.60 Å². The number of anilines is 1. The van der Waals surface area contributed by atoms with E-state index >= 15 is 0 Å². The first-order valence-electron chi connectivity index (χ1n) is 24.2. The minimum absolute atomic E-state index is 0.0492. The number of rotatable bonds is 24. The van der Waals surface area contributed by atoms with E-state index in [0.717, 1.165) is 29.4 Å². The van der Waals surface area contributed by atoms with E-state index in [-0.39, 0.29) is 107 Å². The first kappa shape index (κ1) is 55.3. The second-order valence-corrected chi connectivity index (χ2v) is 20.1. The Balaban J connectivity index is 0.819. The smallest absolute Gasteiger partial charge is 0.382 e. The summed E-state index contributed by atoms with van der Waals surface area (Å²) in [6, 6.07) is 4.86. The highest BCUT2D eigenvalue weighted by atomic mass is 31.2. The number of piperidine rings is 1. The lowest BCUT2D eigenvalue weighted by molar-refractivity contribution is -0.144. The van der Waals surface area contributed by atoms with Crippen LogP contribution in [0.1, 0.15) is 76.9 Å². The Bertz CT molecular complexity index is 2670. The number of H-pyrrole nitrogens is 1. The number of aromatic amines is 1. The number of amides is 8. The zero-order valence-electron chi connectivity index (χ0n) is 40.6. The van der Waals surface area contributed by atoms with Crippen molar-refractivity contribution in [2.24, 2.45) is 5.73 Å². The van der Waals surface area contributed by atoms with Crippen LogP contribution < -0.4 is 32.3 Å². The average molecular weight is 1060 g/mol. The van der Waals surface area contributed by atoms with Crippen LogP contribution in [-0.2, 0) is 59.8 Å². The van der Waals surface area contributed by atoms with Crippen molar-refractivity contribution in [3.63, 3.8) is 0 Å². The molecule has 3 saturated heterocycles. The molecule has 0 aliphatic carbocycles. The van der Waals surface area contributed by atoms with E-state index in [2.05, 4.69) is 31.6 Å². The van der Waals surface area contributed by atoms with Gasteiger partial charge in [-0.2, -0.15) is 8.78 Å². The van der Waals surface area contributed by atoms with Gasteiger partial charge in [-0.05, 0) is 76.0 Å². The van der Waals surface area contributed by atoms with E-state index in [1.165, 1.54) is 15.9 Å². The third kappa shape index (κ3) is 13.3. The minimum atomic E-state index is -5.85. The van der Waals surface area contributed by atoms with Gasteiger partial charge in [0.1, 0.15) is 29.9 Å². The monoisotopic (exact) mass is 1060 g/mol. The molecule has 2 aromatic carbocycles. The first-order valence-corrected chi connectivity index (χ1v) is 25.8. The summed E-state index contributed by atoms with van der Waals surface area (Å²) in [5.74, 6) is -4.38. The molecule has 74 heavy (non-hydrogen) atoms. The molecule has 8 amide bonds. The Morgan fingerprint density at radius 1 is 0.932 bits per heavy atom. The summed E-state index contributed by atoms with van der Waals surface area (Å²) in [5.41, 5.74) is 2.08. The number of carbonyl (C=O) groups excluding carboxylic acids is 8. The number of hydrogen-bond acceptors (Lipinski definition) is 14. The van der Waals surface area contributed by atoms with Gasteiger partial charge in [0, 0.05) is 78.3 Å². The highest BCUT2D eigenvalue weighted by Gasteiger charge is 2.51. The number of fused-ring (bicyclic) bond motifs is 3. The van der Waals surface area contributed by atoms with E-state index in [0.29, 0.717) is 44.7 Å². The van der Waals surface area contributed by atoms with Crippen LogP contribution in [-0.4, -0.2) is 180 Å². The summed E-state index contributed by atoms with van der Waals surface area (Å²) in [6.07, 6.45) is 1.30. The van der Waals surface area contributed by atoms with Gasteiger partial charge in [-0.25, -0.2) is 0 Å². The van der Waals surface area contributed by atoms with Crippen molar-refractivity contribution in [3.05, 3.63) is 64.8 Å². The number of alkyl halides is 2. The van der Waals surface area contributed by atoms with E-state index in [1.54, 1.807) is 19.2 Å². The van der Waals surface area contributed by atoms with E-state index in [9.17, 15) is 61.5 Å². The maximum atomic E-state index is 14.4. The number of halogens is 2. The molecule has 3 aromatic rings. The van der Waals surface area contributed by atoms with Crippen LogP contribution in [0.15, 0.2) is 42.5 Å². The Morgan fingerprint density at radius 2 is 1.65 bits per heavy atom. The number of imide groups is 1. The van der Waals surface area contributed by atoms with Gasteiger partial charge in [0.2, 0.25) is 35.4 Å². The van der Waals surface area contributed by atoms with Crippen LogP contribution in [0.2, 0.25) is 0 Å². The molecule has 4 aliphatic heterocycles. The molecule has 402 valence electrons. The summed E-state index contributed by atoms with van der Waals surface area (Å²) in [4.78, 5) is 130. The van der Waals surface area contributed by atoms with Crippen molar-refractivity contribution in [3.8, 4) is 0 Å². The molecular weight excluding hydrogens is 998 g/mol. The highest BCUT2D eigenvalue weighted by molar-refractivity contribution is 7.52. The topological polar surface area (TPSA) is 333 Å². The first-order chi connectivity index (χ1) is 35.2. The van der Waals surface area contributed by atoms with Gasteiger partial charge in [-0.1, -0.05) is 12.1 Å². The third-order valence-electron chi connectivity index (χ3n) is 13.3. The molecule has 24 nitrogen and oxygen atoms in total. The SMILES string of the molecule is CN1CC[C@H]2CC[C@@H](C(=O)N[C@@H](CCC(N)=O)C(=O)NCCOCCOCCOCCNc3cccc4c3CN(C3CCC(=O)NC3=O)C4=O)N2C(=O)[C@@H](NC(=O)c2cc3cc(C(F)(F)P(=O)(O)O)ccc3[nH]2)C1. The molecule has 0 bridgehead atoms. The molecule has 1 unspecified atom stereocenters. The zero-order valence-corrected chi connectivity index (χ0v) is 41.5. The number of benzene rings is 2. The summed E-state index contributed by atoms with van der Waals surface area (Å²) in [5, 5.41) is 13.7. The molecule has 27 heteroatoms. The van der Waals surface area contributed by atoms with Crippen LogP contribution in [0, 0.1) is 0 Å². The van der Waals surface area contributed by atoms with E-state index < -0.39 is 84.5 Å². The zero-order chi connectivity index (χ0) is 53.3. The van der Waals surface area contributed by atoms with Crippen molar-refractivity contribution in [2.75, 3.05) is 78.2 Å². The molecule has 10 N–H and O–H groups in total. The summed E-state index contributed by atoms with van der Waals surface area (Å²) < 4.78 is 57.1. The second kappa shape index (κ2) is 24.3. The molecule has 1 aromatic heterocycles. The summed E-state index contributed by atoms with van der Waals surface area (Å²) in [6.45, 7) is 2.72. The Kier molecular flexibility index (Phi) is 18.2. The van der Waals surface area contributed by atoms with Crippen LogP contribution in [0.5, 0.6) is 0 Å². The Labute approximate surface area is 423 Å². The van der Waals surface area contributed by atoms with Gasteiger partial charge in [-0.15, -0.1) is 0 Å². The molecular formula is C47H61F2N10O14P. The van der Waals surface area contributed by atoms with Crippen molar-refractivity contribution in [1.82, 2.24) is 41.0 Å². The summed E-state index contributed by atoms with van der Waals surface area (Å²) in [7, 11) is -4.09. The predicted octanol–water partition coefficient (Wildman–Crippen LogP) is -0.0222. The lowest BCUT2D eigenvalue weighted by Crippen LogP contribution is -2.61. The fourth-order valence-corrected chi connectivity index (χ4v) is 9.96. The molecule has 5 atom stereocenters. The van der Waals surface area contributed by atoms with E-state index in [4.69, 9.17) is 19.9 Å². The van der Waals surface area contributed by atoms with Gasteiger partial charge in [0.25, 0.3) is 11.8 Å². The quantitative estimate of drug-likeness (QED) is 0.0323. The number of aromatic nitrogens is 1. The van der Waals surface area contributed by atoms with Crippen molar-refractivity contribution in [1.29, 1.82) is 0 Å². The van der Waals surface area contributed by atoms with Crippen molar-refractivity contribution >= 4 is 71.4 Å². The Morgan fingerprint density at radius 3 is 2.35 bits per heavy atom. The van der Waals surface area contributed by atoms with Crippen LogP contribution in [0.25, 0.3) is 10.9 Å². The van der Waals surface area contributed by atoms with Crippen LogP contribution in [0.3, 0.4) is 0 Å². The molecule has 5 heterocycles. The standard InChI is InChI=1S/C47H61F2N10O14P/c1-57-16-13-29-6-9-38(59(29)46(67)36(26-57)55-42(63)35-24-27-23-28(5-7-32(27)53-35)47(48,49)74(68,69)70)44(65)54-34(8-11-39(50)60)41(62)52-15-18-72-20-22-73-21-19-71-17-14-51-33-4-2-3-30-31(33)25-58(45(30)66)37-10-12-40(61)56-43(37)64/h2-5,7,23-24,29,34,36-38,51,53H,6,8-22,25-26H2,1H3,(H2,50,60)(H,52,62)(H,54,65)(H,55,63)(H,56,61,64)(H2,68,69,70)/t29-,34+,36+,37?,38+/m1/s1. The molecule has 0 radical (unpaired) electrons. The maximum absolute atomic E-state index is 14.4. The lowest BCUT2D eigenvalue weighted by Gasteiger charge is -2.37. The van der Waals surface area contributed by atoms with Gasteiger partial charge in [0.15, 0.2) is 0 Å². The number of nitrogens with one attached hydrogen (secondary N) is 6. The number of ether oxygens (including phenoxy) is 3. The van der Waals surface area contributed by atoms with Gasteiger partial charge < -0.3 is 70.7 Å². The number of carbonyl (C=O) groups is 8. The maximum Gasteiger partial charge on any atom is 0.399 e.